The smallest absolute Gasteiger partial charge is 0.280 e. The number of ether oxygens (including phenoxy) is 1. The third-order valence-corrected chi connectivity index (χ3v) is 3.60. The second-order valence-electron chi connectivity index (χ2n) is 4.89. The molecule has 22 heavy (non-hydrogen) atoms. The van der Waals surface area contributed by atoms with Crippen molar-refractivity contribution in [1.82, 2.24) is 19.5 Å². The van der Waals surface area contributed by atoms with Gasteiger partial charge in [0.15, 0.2) is 23.0 Å². The molecule has 1 unspecified atom stereocenters. The van der Waals surface area contributed by atoms with Gasteiger partial charge in [0.25, 0.3) is 5.56 Å². The highest BCUT2D eigenvalue weighted by Gasteiger charge is 2.54. The lowest BCUT2D eigenvalue weighted by molar-refractivity contribution is -0.0910. The van der Waals surface area contributed by atoms with Gasteiger partial charge >= 0.3 is 0 Å². The highest BCUT2D eigenvalue weighted by atomic mass is 16.6. The average molecular weight is 308 g/mol. The van der Waals surface area contributed by atoms with Gasteiger partial charge in [-0.15, -0.1) is 6.40 Å². The molecule has 1 saturated heterocycles. The molecule has 3 heterocycles. The van der Waals surface area contributed by atoms with Gasteiger partial charge in [0.05, 0.1) is 12.9 Å². The number of nitrogens with zero attached hydrogens (tertiary/aromatic N) is 3. The number of fused-ring (bicyclic) bond motifs is 1. The molecule has 1 aliphatic rings. The molecular weight excluding hydrogens is 294 g/mol. The number of aromatic amines is 1. The third kappa shape index (κ3) is 1.81. The van der Waals surface area contributed by atoms with E-state index in [0.717, 1.165) is 0 Å². The van der Waals surface area contributed by atoms with E-state index >= 15 is 0 Å². The molecular formula is C12H13N5O5. The molecule has 1 aliphatic heterocycles. The molecule has 10 heteroatoms. The van der Waals surface area contributed by atoms with Crippen LogP contribution in [0.5, 0.6) is 0 Å². The van der Waals surface area contributed by atoms with Crippen molar-refractivity contribution in [1.29, 1.82) is 0 Å². The van der Waals surface area contributed by atoms with Crippen molar-refractivity contribution < 1.29 is 21.4 Å². The van der Waals surface area contributed by atoms with Gasteiger partial charge in [-0.3, -0.25) is 14.3 Å². The van der Waals surface area contributed by atoms with Crippen LogP contribution in [0.4, 0.5) is 5.95 Å². The average Bonchev–Trinajstić information content (AvgIpc) is 3.03. The van der Waals surface area contributed by atoms with Crippen molar-refractivity contribution in [2.45, 2.75) is 24.0 Å². The summed E-state index contributed by atoms with van der Waals surface area (Å²) in [7, 11) is 0. The maximum absolute atomic E-state index is 11.8. The fraction of sp³-hybridized carbons (Fsp3) is 0.417. The Hall–Kier alpha value is -2.45. The Morgan fingerprint density at radius 2 is 2.45 bits per heavy atom. The number of H-pyrrole nitrogens is 1. The standard InChI is InChI=1S/C12H13N5O5/c1-2-12(3-18)7(20)6(19)10(22-12)17-4-14-5-8(17)15-11(13)16-9(5)21/h1,4,6-7,10,18-20H,3H2,(H3,13,15,16,21)/t6-,7-,10?,12+/m0/s1/i1D. The Morgan fingerprint density at radius 1 is 1.68 bits per heavy atom. The number of nitrogens with one attached hydrogen (secondary N) is 1. The number of rotatable bonds is 2. The molecule has 4 atom stereocenters. The molecule has 0 amide bonds. The second kappa shape index (κ2) is 4.79. The van der Waals surface area contributed by atoms with Crippen LogP contribution in [-0.4, -0.2) is 59.3 Å². The summed E-state index contributed by atoms with van der Waals surface area (Å²) >= 11 is 0. The number of nitrogen functional groups attached to an aromatic ring is 1. The summed E-state index contributed by atoms with van der Waals surface area (Å²) in [4.78, 5) is 21.9. The van der Waals surface area contributed by atoms with Gasteiger partial charge in [0, 0.05) is 0 Å². The maximum Gasteiger partial charge on any atom is 0.280 e. The number of anilines is 1. The summed E-state index contributed by atoms with van der Waals surface area (Å²) in [5.74, 6) is 2.08. The van der Waals surface area contributed by atoms with E-state index < -0.39 is 36.2 Å². The van der Waals surface area contributed by atoms with Gasteiger partial charge in [-0.25, -0.2) is 4.98 Å². The van der Waals surface area contributed by atoms with E-state index in [4.69, 9.17) is 11.8 Å². The van der Waals surface area contributed by atoms with Crippen molar-refractivity contribution in [3.8, 4) is 12.3 Å². The number of hydrogen-bond donors (Lipinski definition) is 5. The molecule has 0 spiro atoms. The van der Waals surface area contributed by atoms with Gasteiger partial charge in [0.1, 0.15) is 13.6 Å². The van der Waals surface area contributed by atoms with Crippen molar-refractivity contribution in [2.75, 3.05) is 12.3 Å². The molecule has 2 aromatic rings. The van der Waals surface area contributed by atoms with Crippen LogP contribution in [-0.2, 0) is 4.74 Å². The monoisotopic (exact) mass is 308 g/mol. The Kier molecular flexibility index (Phi) is 2.88. The van der Waals surface area contributed by atoms with E-state index in [1.165, 1.54) is 10.9 Å². The summed E-state index contributed by atoms with van der Waals surface area (Å²) in [6, 6.07) is 0. The van der Waals surface area contributed by atoms with Crippen LogP contribution in [0.2, 0.25) is 0 Å². The molecule has 0 aromatic carbocycles. The molecule has 116 valence electrons. The van der Waals surface area contributed by atoms with Crippen molar-refractivity contribution >= 4 is 17.1 Å². The van der Waals surface area contributed by atoms with Crippen LogP contribution in [0, 0.1) is 12.3 Å². The SMILES string of the molecule is [2H]C#C[C@]1(CO)OC(n2cnc3c(=O)[nH]c(N)nc32)[C@@H](O)[C@@H]1O. The predicted molar refractivity (Wildman–Crippen MR) is 73.3 cm³/mol. The van der Waals surface area contributed by atoms with E-state index in [9.17, 15) is 20.1 Å². The molecule has 2 aromatic heterocycles. The molecule has 6 N–H and O–H groups in total. The largest absolute Gasteiger partial charge is 0.392 e. The summed E-state index contributed by atoms with van der Waals surface area (Å²) in [5, 5.41) is 29.8. The first kappa shape index (κ1) is 13.2. The topological polar surface area (TPSA) is 160 Å². The molecule has 0 bridgehead atoms. The predicted octanol–water partition coefficient (Wildman–Crippen LogP) is -2.68. The number of aromatic nitrogens is 4. The Labute approximate surface area is 124 Å². The van der Waals surface area contributed by atoms with Crippen LogP contribution < -0.4 is 11.3 Å². The first-order chi connectivity index (χ1) is 10.9. The molecule has 0 aliphatic carbocycles. The van der Waals surface area contributed by atoms with Crippen LogP contribution in [0.1, 0.15) is 7.60 Å². The quantitative estimate of drug-likeness (QED) is 0.375. The number of nitrogens with two attached hydrogens (primary N) is 1. The van der Waals surface area contributed by atoms with Gasteiger partial charge in [0.2, 0.25) is 5.95 Å². The molecule has 1 fully saturated rings. The fourth-order valence-electron chi connectivity index (χ4n) is 2.41. The van der Waals surface area contributed by atoms with Crippen LogP contribution in [0.15, 0.2) is 11.1 Å². The second-order valence-corrected chi connectivity index (χ2v) is 4.89. The molecule has 10 nitrogen and oxygen atoms in total. The Balaban J connectivity index is 2.12. The van der Waals surface area contributed by atoms with Gasteiger partial charge < -0.3 is 25.8 Å². The first-order valence-corrected chi connectivity index (χ1v) is 6.24. The van der Waals surface area contributed by atoms with Crippen LogP contribution >= 0.6 is 0 Å². The number of aliphatic hydroxyl groups excluding tert-OH is 3. The summed E-state index contributed by atoms with van der Waals surface area (Å²) in [6.45, 7) is -0.740. The third-order valence-electron chi connectivity index (χ3n) is 3.60. The molecule has 0 radical (unpaired) electrons. The van der Waals surface area contributed by atoms with E-state index in [1.54, 1.807) is 6.40 Å². The van der Waals surface area contributed by atoms with Gasteiger partial charge in [-0.05, 0) is 0 Å². The lowest BCUT2D eigenvalue weighted by Crippen LogP contribution is -2.44. The lowest BCUT2D eigenvalue weighted by atomic mass is 9.97. The summed E-state index contributed by atoms with van der Waals surface area (Å²) in [6.07, 6.45) is -1.31. The number of terminal acetylenes is 1. The summed E-state index contributed by atoms with van der Waals surface area (Å²) in [5.41, 5.74) is 3.11. The number of aliphatic hydroxyl groups is 3. The Morgan fingerprint density at radius 3 is 3.14 bits per heavy atom. The normalized spacial score (nSPS) is 31.8. The number of hydrogen-bond acceptors (Lipinski definition) is 8. The van der Waals surface area contributed by atoms with Crippen LogP contribution in [0.25, 0.3) is 11.2 Å². The van der Waals surface area contributed by atoms with Crippen molar-refractivity contribution in [3.05, 3.63) is 16.7 Å². The minimum Gasteiger partial charge on any atom is -0.392 e. The minimum atomic E-state index is -1.82. The van der Waals surface area contributed by atoms with E-state index in [1.807, 2.05) is 0 Å². The Bertz CT molecular complexity index is 870. The van der Waals surface area contributed by atoms with Crippen LogP contribution in [0.3, 0.4) is 0 Å². The van der Waals surface area contributed by atoms with Crippen molar-refractivity contribution in [3.63, 3.8) is 0 Å². The van der Waals surface area contributed by atoms with Crippen molar-refractivity contribution in [2.24, 2.45) is 0 Å². The highest BCUT2D eigenvalue weighted by Crippen LogP contribution is 2.37. The lowest BCUT2D eigenvalue weighted by Gasteiger charge is -2.23. The fourth-order valence-corrected chi connectivity index (χ4v) is 2.41. The number of imidazole rings is 1. The van der Waals surface area contributed by atoms with Gasteiger partial charge in [-0.2, -0.15) is 4.98 Å². The molecule has 3 rings (SSSR count). The first-order valence-electron chi connectivity index (χ1n) is 6.74. The van der Waals surface area contributed by atoms with E-state index in [0.29, 0.717) is 0 Å². The zero-order valence-corrected chi connectivity index (χ0v) is 11.1. The zero-order valence-electron chi connectivity index (χ0n) is 12.1. The molecule has 0 saturated carbocycles. The highest BCUT2D eigenvalue weighted by molar-refractivity contribution is 5.70. The van der Waals surface area contributed by atoms with E-state index in [-0.39, 0.29) is 17.1 Å². The van der Waals surface area contributed by atoms with E-state index in [2.05, 4.69) is 20.9 Å². The summed E-state index contributed by atoms with van der Waals surface area (Å²) < 4.78 is 13.6. The maximum atomic E-state index is 11.8. The zero-order chi connectivity index (χ0) is 16.8. The minimum absolute atomic E-state index is 0.0300. The van der Waals surface area contributed by atoms with Gasteiger partial charge in [-0.1, -0.05) is 5.92 Å².